The van der Waals surface area contributed by atoms with Gasteiger partial charge in [0.2, 0.25) is 10.0 Å². The quantitative estimate of drug-likeness (QED) is 0.596. The van der Waals surface area contributed by atoms with Crippen LogP contribution in [0.15, 0.2) is 40.1 Å². The van der Waals surface area contributed by atoms with E-state index < -0.39 is 20.0 Å². The first-order valence-electron chi connectivity index (χ1n) is 10.5. The number of benzene rings is 2. The first-order valence-corrected chi connectivity index (χ1v) is 13.4. The number of nitrogens with one attached hydrogen (secondary N) is 1. The molecular weight excluding hydrogens is 468 g/mol. The fourth-order valence-electron chi connectivity index (χ4n) is 3.66. The van der Waals surface area contributed by atoms with E-state index in [2.05, 4.69) is 4.72 Å². The summed E-state index contributed by atoms with van der Waals surface area (Å²) in [5, 5.41) is 0. The van der Waals surface area contributed by atoms with E-state index in [0.29, 0.717) is 24.5 Å². The topological polar surface area (TPSA) is 111 Å². The molecule has 2 aromatic rings. The van der Waals surface area contributed by atoms with Crippen molar-refractivity contribution in [3.63, 3.8) is 0 Å². The Labute approximate surface area is 195 Å². The van der Waals surface area contributed by atoms with Crippen molar-refractivity contribution in [1.29, 1.82) is 0 Å². The van der Waals surface area contributed by atoms with Gasteiger partial charge in [-0.3, -0.25) is 4.72 Å². The Hall–Kier alpha value is -2.34. The van der Waals surface area contributed by atoms with Gasteiger partial charge in [0, 0.05) is 13.1 Å². The van der Waals surface area contributed by atoms with Crippen LogP contribution in [0.25, 0.3) is 0 Å². The lowest BCUT2D eigenvalue weighted by atomic mass is 10.0. The van der Waals surface area contributed by atoms with E-state index in [4.69, 9.17) is 14.2 Å². The second-order valence-electron chi connectivity index (χ2n) is 8.00. The first-order chi connectivity index (χ1) is 15.5. The maximum Gasteiger partial charge on any atom is 0.262 e. The number of anilines is 1. The number of morpholine rings is 1. The average Bonchev–Trinajstić information content (AvgIpc) is 2.78. The molecule has 0 radical (unpaired) electrons. The lowest BCUT2D eigenvalue weighted by Gasteiger charge is -2.26. The third kappa shape index (κ3) is 5.26. The molecule has 0 aromatic heterocycles. The molecule has 1 aliphatic rings. The summed E-state index contributed by atoms with van der Waals surface area (Å²) in [5.74, 6) is 0.846. The summed E-state index contributed by atoms with van der Waals surface area (Å²) < 4.78 is 72.6. The van der Waals surface area contributed by atoms with Crippen LogP contribution in [-0.4, -0.2) is 61.7 Å². The van der Waals surface area contributed by atoms with Gasteiger partial charge < -0.3 is 14.2 Å². The number of nitrogens with zero attached hydrogens (tertiary/aromatic N) is 1. The molecule has 0 saturated carbocycles. The Morgan fingerprint density at radius 1 is 0.970 bits per heavy atom. The minimum atomic E-state index is -4.06. The number of hydrogen-bond donors (Lipinski definition) is 1. The van der Waals surface area contributed by atoms with Crippen LogP contribution in [0.5, 0.6) is 11.5 Å². The Morgan fingerprint density at radius 3 is 2.18 bits per heavy atom. The van der Waals surface area contributed by atoms with Gasteiger partial charge in [0.1, 0.15) is 11.5 Å². The maximum absolute atomic E-state index is 13.3. The molecule has 3 rings (SSSR count). The Morgan fingerprint density at radius 2 is 1.61 bits per heavy atom. The molecule has 1 heterocycles. The monoisotopic (exact) mass is 498 g/mol. The Bertz CT molecular complexity index is 1220. The van der Waals surface area contributed by atoms with Crippen LogP contribution in [0.2, 0.25) is 0 Å². The molecule has 11 heteroatoms. The standard InChI is InChI=1S/C22H30N2O7S2/c1-15(2)18-14-22(16(3)12-21(18)30-5)32(25,26)23-19-13-17(6-7-20(19)29-4)33(27,28)24-8-10-31-11-9-24/h6-7,12-15,23H,8-11H2,1-5H3. The molecule has 0 atom stereocenters. The van der Waals surface area contributed by atoms with Gasteiger partial charge in [-0.05, 0) is 54.3 Å². The SMILES string of the molecule is COc1ccc(S(=O)(=O)N2CCOCC2)cc1NS(=O)(=O)c1cc(C(C)C)c(OC)cc1C. The normalized spacial score (nSPS) is 15.5. The van der Waals surface area contributed by atoms with E-state index in [9.17, 15) is 16.8 Å². The smallest absolute Gasteiger partial charge is 0.262 e. The van der Waals surface area contributed by atoms with Gasteiger partial charge in [-0.15, -0.1) is 0 Å². The van der Waals surface area contributed by atoms with Crippen LogP contribution in [0.4, 0.5) is 5.69 Å². The van der Waals surface area contributed by atoms with E-state index in [1.807, 2.05) is 13.8 Å². The number of aryl methyl sites for hydroxylation is 1. The fraction of sp³-hybridized carbons (Fsp3) is 0.455. The van der Waals surface area contributed by atoms with Crippen molar-refractivity contribution >= 4 is 25.7 Å². The molecule has 1 aliphatic heterocycles. The van der Waals surface area contributed by atoms with E-state index >= 15 is 0 Å². The minimum absolute atomic E-state index is 0.0303. The molecule has 0 unspecified atom stereocenters. The van der Waals surface area contributed by atoms with Crippen molar-refractivity contribution in [2.75, 3.05) is 45.2 Å². The molecule has 1 N–H and O–H groups in total. The van der Waals surface area contributed by atoms with E-state index in [1.165, 1.54) is 29.6 Å². The Kier molecular flexibility index (Phi) is 7.57. The fourth-order valence-corrected chi connectivity index (χ4v) is 6.42. The summed E-state index contributed by atoms with van der Waals surface area (Å²) in [6, 6.07) is 7.38. The highest BCUT2D eigenvalue weighted by atomic mass is 32.2. The van der Waals surface area contributed by atoms with E-state index in [1.54, 1.807) is 26.2 Å². The van der Waals surface area contributed by atoms with Crippen LogP contribution in [0.1, 0.15) is 30.9 Å². The molecule has 0 spiro atoms. The van der Waals surface area contributed by atoms with Gasteiger partial charge in [-0.1, -0.05) is 13.8 Å². The summed E-state index contributed by atoms with van der Waals surface area (Å²) in [7, 11) is -4.95. The van der Waals surface area contributed by atoms with Crippen molar-refractivity contribution < 1.29 is 31.0 Å². The summed E-state index contributed by atoms with van der Waals surface area (Å²) >= 11 is 0. The van der Waals surface area contributed by atoms with E-state index in [-0.39, 0.29) is 40.2 Å². The first kappa shape index (κ1) is 25.3. The molecule has 9 nitrogen and oxygen atoms in total. The highest BCUT2D eigenvalue weighted by Crippen LogP contribution is 2.35. The zero-order valence-electron chi connectivity index (χ0n) is 19.4. The molecule has 182 valence electrons. The molecule has 1 fully saturated rings. The zero-order valence-corrected chi connectivity index (χ0v) is 21.0. The zero-order chi connectivity index (χ0) is 24.4. The van der Waals surface area contributed by atoms with Gasteiger partial charge in [0.15, 0.2) is 0 Å². The van der Waals surface area contributed by atoms with Gasteiger partial charge in [-0.25, -0.2) is 16.8 Å². The van der Waals surface area contributed by atoms with Crippen LogP contribution in [0.3, 0.4) is 0 Å². The number of rotatable bonds is 8. The summed E-state index contributed by atoms with van der Waals surface area (Å²) in [6.07, 6.45) is 0. The summed E-state index contributed by atoms with van der Waals surface area (Å²) in [6.45, 7) is 6.66. The largest absolute Gasteiger partial charge is 0.496 e. The van der Waals surface area contributed by atoms with Crippen LogP contribution in [0, 0.1) is 6.92 Å². The lowest BCUT2D eigenvalue weighted by molar-refractivity contribution is 0.0730. The van der Waals surface area contributed by atoms with Crippen LogP contribution in [-0.2, 0) is 24.8 Å². The molecule has 33 heavy (non-hydrogen) atoms. The third-order valence-corrected chi connectivity index (χ3v) is 8.86. The number of sulfonamides is 2. The van der Waals surface area contributed by atoms with Crippen molar-refractivity contribution in [1.82, 2.24) is 4.31 Å². The van der Waals surface area contributed by atoms with Crippen LogP contribution >= 0.6 is 0 Å². The highest BCUT2D eigenvalue weighted by Gasteiger charge is 2.28. The van der Waals surface area contributed by atoms with Crippen molar-refractivity contribution in [2.45, 2.75) is 36.5 Å². The maximum atomic E-state index is 13.3. The van der Waals surface area contributed by atoms with Crippen molar-refractivity contribution in [3.8, 4) is 11.5 Å². The molecule has 0 aliphatic carbocycles. The second-order valence-corrected chi connectivity index (χ2v) is 11.6. The molecule has 1 saturated heterocycles. The van der Waals surface area contributed by atoms with Crippen molar-refractivity contribution in [3.05, 3.63) is 41.5 Å². The predicted molar refractivity (Wildman–Crippen MR) is 125 cm³/mol. The third-order valence-electron chi connectivity index (χ3n) is 5.46. The summed E-state index contributed by atoms with van der Waals surface area (Å²) in [4.78, 5) is 0.0488. The molecule has 0 bridgehead atoms. The van der Waals surface area contributed by atoms with E-state index in [0.717, 1.165) is 5.56 Å². The Balaban J connectivity index is 2.03. The number of ether oxygens (including phenoxy) is 3. The van der Waals surface area contributed by atoms with Crippen molar-refractivity contribution in [2.24, 2.45) is 0 Å². The van der Waals surface area contributed by atoms with Gasteiger partial charge in [-0.2, -0.15) is 4.31 Å². The summed E-state index contributed by atoms with van der Waals surface area (Å²) in [5.41, 5.74) is 1.28. The second kappa shape index (κ2) is 9.88. The number of hydrogen-bond acceptors (Lipinski definition) is 7. The van der Waals surface area contributed by atoms with Gasteiger partial charge in [0.25, 0.3) is 10.0 Å². The lowest BCUT2D eigenvalue weighted by Crippen LogP contribution is -2.40. The molecule has 0 amide bonds. The predicted octanol–water partition coefficient (Wildman–Crippen LogP) is 2.96. The number of methoxy groups -OCH3 is 2. The molecular formula is C22H30N2O7S2. The minimum Gasteiger partial charge on any atom is -0.496 e. The molecule has 2 aromatic carbocycles. The average molecular weight is 499 g/mol. The van der Waals surface area contributed by atoms with Gasteiger partial charge >= 0.3 is 0 Å². The highest BCUT2D eigenvalue weighted by molar-refractivity contribution is 7.92. The van der Waals surface area contributed by atoms with Gasteiger partial charge in [0.05, 0.1) is 42.9 Å². The van der Waals surface area contributed by atoms with Crippen LogP contribution < -0.4 is 14.2 Å².